The van der Waals surface area contributed by atoms with E-state index in [0.29, 0.717) is 24.3 Å². The van der Waals surface area contributed by atoms with Crippen molar-refractivity contribution in [3.63, 3.8) is 0 Å². The molecule has 0 saturated heterocycles. The number of thioether (sulfide) groups is 1. The summed E-state index contributed by atoms with van der Waals surface area (Å²) in [5.41, 5.74) is 3.18. The molecule has 166 valence electrons. The van der Waals surface area contributed by atoms with Crippen LogP contribution in [0.3, 0.4) is 0 Å². The molecule has 0 fully saturated rings. The summed E-state index contributed by atoms with van der Waals surface area (Å²) in [5, 5.41) is 14.3. The van der Waals surface area contributed by atoms with Crippen LogP contribution >= 0.6 is 23.1 Å². The smallest absolute Gasteiger partial charge is 0.338 e. The molecule has 1 aromatic carbocycles. The lowest BCUT2D eigenvalue weighted by molar-refractivity contribution is -0.115. The number of benzene rings is 1. The molecule has 1 N–H and O–H groups in total. The van der Waals surface area contributed by atoms with Crippen LogP contribution in [0.5, 0.6) is 0 Å². The third-order valence-corrected chi connectivity index (χ3v) is 7.25. The molecule has 1 amide bonds. The molecule has 4 rings (SSSR count). The van der Waals surface area contributed by atoms with Crippen LogP contribution in [-0.2, 0) is 16.0 Å². The monoisotopic (exact) mass is 468 g/mol. The minimum atomic E-state index is -0.377. The second-order valence-electron chi connectivity index (χ2n) is 7.11. The van der Waals surface area contributed by atoms with Crippen LogP contribution in [0.15, 0.2) is 46.8 Å². The number of rotatable bonds is 8. The molecule has 32 heavy (non-hydrogen) atoms. The molecule has 0 aliphatic rings. The number of carbonyl (C=O) groups is 2. The van der Waals surface area contributed by atoms with E-state index in [9.17, 15) is 9.59 Å². The van der Waals surface area contributed by atoms with Gasteiger partial charge in [-0.15, -0.1) is 21.5 Å². The molecule has 3 aromatic heterocycles. The Bertz CT molecular complexity index is 1260. The molecule has 0 bridgehead atoms. The quantitative estimate of drug-likeness (QED) is 0.283. The lowest BCUT2D eigenvalue weighted by atomic mass is 10.2. The van der Waals surface area contributed by atoms with Gasteiger partial charge in [0.05, 0.1) is 33.2 Å². The van der Waals surface area contributed by atoms with E-state index < -0.39 is 0 Å². The van der Waals surface area contributed by atoms with Crippen molar-refractivity contribution in [3.05, 3.63) is 53.2 Å². The first-order valence-corrected chi connectivity index (χ1v) is 12.3. The predicted octanol–water partition coefficient (Wildman–Crippen LogP) is 5.19. The van der Waals surface area contributed by atoms with E-state index in [1.165, 1.54) is 16.5 Å². The maximum atomic E-state index is 13.0. The number of hydrogen-bond acceptors (Lipinski definition) is 7. The molecular formula is C23H24N4O3S2. The second-order valence-corrected chi connectivity index (χ2v) is 9.25. The first kappa shape index (κ1) is 22.3. The molecule has 7 nitrogen and oxygen atoms in total. The second kappa shape index (κ2) is 9.70. The molecule has 1 atom stereocenters. The van der Waals surface area contributed by atoms with Gasteiger partial charge in [0.2, 0.25) is 5.91 Å². The van der Waals surface area contributed by atoms with Crippen molar-refractivity contribution >= 4 is 56.4 Å². The van der Waals surface area contributed by atoms with Crippen LogP contribution in [0.4, 0.5) is 5.69 Å². The first-order chi connectivity index (χ1) is 15.5. The summed E-state index contributed by atoms with van der Waals surface area (Å²) in [5.74, 6) is 0.406. The maximum absolute atomic E-state index is 13.0. The van der Waals surface area contributed by atoms with E-state index in [1.54, 1.807) is 42.5 Å². The van der Waals surface area contributed by atoms with Gasteiger partial charge in [-0.25, -0.2) is 4.79 Å². The molecular weight excluding hydrogens is 444 g/mol. The number of aryl methyl sites for hydroxylation is 1. The van der Waals surface area contributed by atoms with Crippen molar-refractivity contribution in [1.82, 2.24) is 14.6 Å². The van der Waals surface area contributed by atoms with Gasteiger partial charge in [-0.3, -0.25) is 9.20 Å². The number of hydrogen-bond donors (Lipinski definition) is 1. The van der Waals surface area contributed by atoms with Gasteiger partial charge >= 0.3 is 5.97 Å². The van der Waals surface area contributed by atoms with Gasteiger partial charge in [0.15, 0.2) is 0 Å². The Morgan fingerprint density at radius 2 is 1.91 bits per heavy atom. The van der Waals surface area contributed by atoms with Crippen molar-refractivity contribution in [1.29, 1.82) is 0 Å². The summed E-state index contributed by atoms with van der Waals surface area (Å²) < 4.78 is 8.31. The van der Waals surface area contributed by atoms with Gasteiger partial charge in [-0.05, 0) is 55.1 Å². The summed E-state index contributed by atoms with van der Waals surface area (Å²) in [6.07, 6.45) is 1.41. The van der Waals surface area contributed by atoms with E-state index in [0.717, 1.165) is 28.3 Å². The van der Waals surface area contributed by atoms with Gasteiger partial charge in [0.25, 0.3) is 0 Å². The van der Waals surface area contributed by atoms with E-state index in [2.05, 4.69) is 44.4 Å². The number of amides is 1. The molecule has 3 heterocycles. The third kappa shape index (κ3) is 4.35. The Balaban J connectivity index is 1.54. The van der Waals surface area contributed by atoms with Crippen LogP contribution in [0.2, 0.25) is 0 Å². The van der Waals surface area contributed by atoms with Gasteiger partial charge in [-0.1, -0.05) is 25.6 Å². The molecule has 9 heteroatoms. The van der Waals surface area contributed by atoms with Crippen molar-refractivity contribution in [2.45, 2.75) is 43.9 Å². The molecule has 4 aromatic rings. The minimum Gasteiger partial charge on any atom is -0.462 e. The zero-order chi connectivity index (χ0) is 22.7. The molecule has 0 aliphatic carbocycles. The van der Waals surface area contributed by atoms with Gasteiger partial charge in [0, 0.05) is 12.1 Å². The Morgan fingerprint density at radius 1 is 1.12 bits per heavy atom. The SMILES string of the molecule is CCOC(=O)c1ccc(NC(=O)C(CC)Sc2nnc(CC)n3c2cc2sccc23)cc1. The van der Waals surface area contributed by atoms with Crippen LogP contribution in [0, 0.1) is 0 Å². The number of fused-ring (bicyclic) bond motifs is 3. The average Bonchev–Trinajstić information content (AvgIpc) is 3.40. The predicted molar refractivity (Wildman–Crippen MR) is 129 cm³/mol. The van der Waals surface area contributed by atoms with Crippen molar-refractivity contribution < 1.29 is 14.3 Å². The van der Waals surface area contributed by atoms with Crippen molar-refractivity contribution in [2.75, 3.05) is 11.9 Å². The maximum Gasteiger partial charge on any atom is 0.338 e. The van der Waals surface area contributed by atoms with E-state index in [4.69, 9.17) is 4.74 Å². The molecule has 0 saturated carbocycles. The normalized spacial score (nSPS) is 12.2. The molecule has 0 aliphatic heterocycles. The van der Waals surface area contributed by atoms with Crippen LogP contribution in [0.25, 0.3) is 15.7 Å². The Labute approximate surface area is 194 Å². The van der Waals surface area contributed by atoms with Crippen LogP contribution < -0.4 is 5.32 Å². The standard InChI is InChI=1S/C23H24N4O3S2/c1-4-18(21(28)24-15-9-7-14(8-10-15)23(29)30-6-3)32-22-17-13-19-16(11-12-31-19)27(17)20(5-2)25-26-22/h7-13,18H,4-6H2,1-3H3,(H,24,28). The number of ether oxygens (including phenoxy) is 1. The van der Waals surface area contributed by atoms with Gasteiger partial charge in [-0.2, -0.15) is 0 Å². The third-order valence-electron chi connectivity index (χ3n) is 5.05. The summed E-state index contributed by atoms with van der Waals surface area (Å²) in [4.78, 5) is 24.8. The van der Waals surface area contributed by atoms with Crippen LogP contribution in [0.1, 0.15) is 43.4 Å². The first-order valence-electron chi connectivity index (χ1n) is 10.5. The highest BCUT2D eigenvalue weighted by Gasteiger charge is 2.22. The number of nitrogens with zero attached hydrogens (tertiary/aromatic N) is 3. The van der Waals surface area contributed by atoms with E-state index >= 15 is 0 Å². The Morgan fingerprint density at radius 3 is 2.59 bits per heavy atom. The topological polar surface area (TPSA) is 85.6 Å². The zero-order valence-corrected chi connectivity index (χ0v) is 19.8. The van der Waals surface area contributed by atoms with Crippen molar-refractivity contribution in [3.8, 4) is 0 Å². The van der Waals surface area contributed by atoms with E-state index in [-0.39, 0.29) is 17.1 Å². The minimum absolute atomic E-state index is 0.116. The molecule has 0 spiro atoms. The lowest BCUT2D eigenvalue weighted by Gasteiger charge is -2.15. The zero-order valence-electron chi connectivity index (χ0n) is 18.1. The average molecular weight is 469 g/mol. The van der Waals surface area contributed by atoms with Crippen molar-refractivity contribution in [2.24, 2.45) is 0 Å². The summed E-state index contributed by atoms with van der Waals surface area (Å²) in [6.45, 7) is 6.12. The highest BCUT2D eigenvalue weighted by atomic mass is 32.2. The number of aromatic nitrogens is 3. The fourth-order valence-electron chi connectivity index (χ4n) is 3.46. The van der Waals surface area contributed by atoms with Crippen LogP contribution in [-0.4, -0.2) is 38.3 Å². The Kier molecular flexibility index (Phi) is 6.76. The molecule has 0 radical (unpaired) electrons. The van der Waals surface area contributed by atoms with Gasteiger partial charge in [0.1, 0.15) is 10.9 Å². The fraction of sp³-hybridized carbons (Fsp3) is 0.304. The lowest BCUT2D eigenvalue weighted by Crippen LogP contribution is -2.25. The number of anilines is 1. The summed E-state index contributed by atoms with van der Waals surface area (Å²) in [6, 6.07) is 10.9. The Hall–Kier alpha value is -2.91. The fourth-order valence-corrected chi connectivity index (χ4v) is 5.22. The number of carbonyl (C=O) groups excluding carboxylic acids is 2. The van der Waals surface area contributed by atoms with Gasteiger partial charge < -0.3 is 10.1 Å². The number of nitrogens with one attached hydrogen (secondary N) is 1. The largest absolute Gasteiger partial charge is 0.462 e. The molecule has 1 unspecified atom stereocenters. The number of esters is 1. The highest BCUT2D eigenvalue weighted by Crippen LogP contribution is 2.33. The van der Waals surface area contributed by atoms with E-state index in [1.807, 2.05) is 6.92 Å². The summed E-state index contributed by atoms with van der Waals surface area (Å²) in [7, 11) is 0. The summed E-state index contributed by atoms with van der Waals surface area (Å²) >= 11 is 3.10. The highest BCUT2D eigenvalue weighted by molar-refractivity contribution is 8.00. The number of thiophene rings is 1.